The molecule has 2 aliphatic carbocycles. The van der Waals surface area contributed by atoms with Crippen LogP contribution in [0.4, 0.5) is 0 Å². The molecule has 9 aromatic carbocycles. The highest BCUT2D eigenvalue weighted by Gasteiger charge is 2.53. The third kappa shape index (κ3) is 6.10. The van der Waals surface area contributed by atoms with E-state index in [0.29, 0.717) is 6.54 Å². The van der Waals surface area contributed by atoms with Gasteiger partial charge in [-0.15, -0.1) is 0 Å². The van der Waals surface area contributed by atoms with Gasteiger partial charge in [0.1, 0.15) is 5.84 Å². The Labute approximate surface area is 334 Å². The van der Waals surface area contributed by atoms with Crippen molar-refractivity contribution in [1.82, 2.24) is 0 Å². The monoisotopic (exact) mass is 733 g/mol. The fourth-order valence-electron chi connectivity index (χ4n) is 8.91. The molecule has 0 aromatic heterocycles. The van der Waals surface area contributed by atoms with Crippen LogP contribution in [-0.4, -0.2) is 5.84 Å². The van der Waals surface area contributed by atoms with Crippen molar-refractivity contribution in [3.8, 4) is 33.4 Å². The number of nitrogens with two attached hydrogens (primary N) is 2. The van der Waals surface area contributed by atoms with Gasteiger partial charge in [0, 0.05) is 12.1 Å². The minimum atomic E-state index is -0.371. The number of hydrogen-bond acceptors (Lipinski definition) is 2. The quantitative estimate of drug-likeness (QED) is 0.125. The number of amidine groups is 1. The summed E-state index contributed by atoms with van der Waals surface area (Å²) in [6.45, 7) is 2.78. The number of benzene rings is 9. The zero-order valence-electron chi connectivity index (χ0n) is 31.9. The average Bonchev–Trinajstić information content (AvgIpc) is 3.75. The van der Waals surface area contributed by atoms with Gasteiger partial charge in [0.15, 0.2) is 0 Å². The van der Waals surface area contributed by atoms with Gasteiger partial charge in [-0.3, -0.25) is 5.41 Å². The third-order valence-corrected chi connectivity index (χ3v) is 11.5. The maximum atomic E-state index is 7.01. The van der Waals surface area contributed by atoms with E-state index in [9.17, 15) is 0 Å². The lowest BCUT2D eigenvalue weighted by atomic mass is 9.68. The molecule has 0 unspecified atom stereocenters. The van der Waals surface area contributed by atoms with Crippen molar-refractivity contribution >= 4 is 27.4 Å². The smallest absolute Gasteiger partial charge is 0.122 e. The molecule has 5 N–H and O–H groups in total. The van der Waals surface area contributed by atoms with Crippen LogP contribution in [0, 0.1) is 12.3 Å². The van der Waals surface area contributed by atoms with Gasteiger partial charge in [0.25, 0.3) is 0 Å². The summed E-state index contributed by atoms with van der Waals surface area (Å²) in [6, 6.07) is 71.6. The third-order valence-electron chi connectivity index (χ3n) is 11.5. The van der Waals surface area contributed by atoms with Gasteiger partial charge in [0.2, 0.25) is 0 Å². The lowest BCUT2D eigenvalue weighted by molar-refractivity contribution is 0.809. The summed E-state index contributed by atoms with van der Waals surface area (Å²) < 4.78 is 0. The van der Waals surface area contributed by atoms with E-state index >= 15 is 0 Å². The lowest BCUT2D eigenvalue weighted by Gasteiger charge is -2.32. The van der Waals surface area contributed by atoms with E-state index in [4.69, 9.17) is 16.9 Å². The van der Waals surface area contributed by atoms with E-state index in [1.54, 1.807) is 0 Å². The Morgan fingerprint density at radius 3 is 1.56 bits per heavy atom. The van der Waals surface area contributed by atoms with Crippen molar-refractivity contribution in [3.05, 3.63) is 239 Å². The maximum absolute atomic E-state index is 7.01. The summed E-state index contributed by atoms with van der Waals surface area (Å²) in [5.74, 6) is 0.121. The Kier molecular flexibility index (Phi) is 9.30. The van der Waals surface area contributed by atoms with Gasteiger partial charge in [-0.2, -0.15) is 0 Å². The van der Waals surface area contributed by atoms with Gasteiger partial charge in [-0.05, 0) is 95.7 Å². The van der Waals surface area contributed by atoms with Crippen molar-refractivity contribution in [1.29, 1.82) is 5.41 Å². The molecule has 3 heteroatoms. The Morgan fingerprint density at radius 1 is 0.474 bits per heavy atom. The van der Waals surface area contributed by atoms with E-state index < -0.39 is 0 Å². The summed E-state index contributed by atoms with van der Waals surface area (Å²) in [7, 11) is 0. The van der Waals surface area contributed by atoms with Crippen molar-refractivity contribution < 1.29 is 0 Å². The SMILES string of the molecule is Cc1ccc(-c2ccc3c4c(ccc3c2)-c2ccc3ccccc3c2C42c3ccccc3-c3ccccc32)cc1.N=C(N)c1ccccc1.NCc1ccccc1. The molecule has 2 aliphatic rings. The van der Waals surface area contributed by atoms with Crippen molar-refractivity contribution in [2.24, 2.45) is 11.5 Å². The molecule has 0 atom stereocenters. The average molecular weight is 734 g/mol. The minimum absolute atomic E-state index is 0.121. The summed E-state index contributed by atoms with van der Waals surface area (Å²) in [5.41, 5.74) is 27.0. The molecule has 3 nitrogen and oxygen atoms in total. The van der Waals surface area contributed by atoms with Crippen LogP contribution in [0.5, 0.6) is 0 Å². The number of hydrogen-bond donors (Lipinski definition) is 3. The molecule has 1 spiro atoms. The highest BCUT2D eigenvalue weighted by atomic mass is 14.7. The van der Waals surface area contributed by atoms with Crippen molar-refractivity contribution in [2.45, 2.75) is 18.9 Å². The predicted molar refractivity (Wildman–Crippen MR) is 240 cm³/mol. The molecule has 274 valence electrons. The van der Waals surface area contributed by atoms with Gasteiger partial charge >= 0.3 is 0 Å². The maximum Gasteiger partial charge on any atom is 0.122 e. The number of nitrogen functional groups attached to an aromatic ring is 1. The van der Waals surface area contributed by atoms with Crippen LogP contribution in [-0.2, 0) is 12.0 Å². The zero-order chi connectivity index (χ0) is 38.9. The van der Waals surface area contributed by atoms with Crippen LogP contribution in [0.15, 0.2) is 200 Å². The summed E-state index contributed by atoms with van der Waals surface area (Å²) in [4.78, 5) is 0. The molecule has 9 aromatic rings. The first-order valence-corrected chi connectivity index (χ1v) is 19.5. The molecule has 0 saturated carbocycles. The van der Waals surface area contributed by atoms with Crippen molar-refractivity contribution in [2.75, 3.05) is 0 Å². The molecular formula is C54H43N3. The molecule has 11 rings (SSSR count). The van der Waals surface area contributed by atoms with Gasteiger partial charge in [-0.1, -0.05) is 200 Å². The van der Waals surface area contributed by atoms with E-state index in [0.717, 1.165) is 5.56 Å². The molecule has 0 amide bonds. The largest absolute Gasteiger partial charge is 0.384 e. The van der Waals surface area contributed by atoms with E-state index in [2.05, 4.69) is 146 Å². The number of nitrogens with one attached hydrogen (secondary N) is 1. The highest BCUT2D eigenvalue weighted by molar-refractivity contribution is 6.09. The van der Waals surface area contributed by atoms with Crippen molar-refractivity contribution in [3.63, 3.8) is 0 Å². The lowest BCUT2D eigenvalue weighted by Crippen LogP contribution is -2.26. The van der Waals surface area contributed by atoms with Crippen LogP contribution in [0.2, 0.25) is 0 Å². The van der Waals surface area contributed by atoms with Crippen LogP contribution in [0.25, 0.3) is 54.9 Å². The van der Waals surface area contributed by atoms with Gasteiger partial charge in [-0.25, -0.2) is 0 Å². The molecule has 0 bridgehead atoms. The molecular weight excluding hydrogens is 691 g/mol. The Morgan fingerprint density at radius 2 is 0.982 bits per heavy atom. The standard InChI is InChI=1S/C40H26.C7H8N2.C7H9N/c1-25-14-16-26(17-15-25)28-19-21-31-29(24-28)20-23-35-34-22-18-27-8-2-3-9-30(27)38(34)40(39(31)35)36-12-6-4-10-32(36)33-11-5-7-13-37(33)40;8-7(9)6-4-2-1-3-5-6;8-6-7-4-2-1-3-5-7/h2-24H,1H3;1-5H,(H3,8,9);1-5H,6,8H2. The first-order chi connectivity index (χ1) is 28.0. The molecule has 0 fully saturated rings. The summed E-state index contributed by atoms with van der Waals surface area (Å²) in [6.07, 6.45) is 0. The second-order valence-electron chi connectivity index (χ2n) is 14.8. The number of rotatable bonds is 3. The first kappa shape index (κ1) is 35.6. The summed E-state index contributed by atoms with van der Waals surface area (Å²) >= 11 is 0. The van der Waals surface area contributed by atoms with E-state index in [1.165, 1.54) is 88.3 Å². The minimum Gasteiger partial charge on any atom is -0.384 e. The molecule has 0 aliphatic heterocycles. The Bertz CT molecular complexity index is 2870. The second-order valence-corrected chi connectivity index (χ2v) is 14.8. The predicted octanol–water partition coefficient (Wildman–Crippen LogP) is 12.4. The van der Waals surface area contributed by atoms with Crippen LogP contribution >= 0.6 is 0 Å². The van der Waals surface area contributed by atoms with Crippen LogP contribution in [0.1, 0.15) is 38.9 Å². The second kappa shape index (κ2) is 14.9. The Balaban J connectivity index is 0.000000206. The van der Waals surface area contributed by atoms with Crippen LogP contribution < -0.4 is 11.5 Å². The Hall–Kier alpha value is -7.07. The number of aryl methyl sites for hydroxylation is 1. The summed E-state index contributed by atoms with van der Waals surface area (Å²) in [5, 5.41) is 12.3. The van der Waals surface area contributed by atoms with E-state index in [1.807, 2.05) is 60.7 Å². The number of fused-ring (bicyclic) bond motifs is 14. The van der Waals surface area contributed by atoms with Crippen LogP contribution in [0.3, 0.4) is 0 Å². The van der Waals surface area contributed by atoms with Gasteiger partial charge in [0.05, 0.1) is 5.41 Å². The molecule has 0 saturated heterocycles. The normalized spacial score (nSPS) is 12.4. The van der Waals surface area contributed by atoms with Gasteiger partial charge < -0.3 is 11.5 Å². The molecule has 0 heterocycles. The fraction of sp³-hybridized carbons (Fsp3) is 0.0556. The molecule has 0 radical (unpaired) electrons. The highest BCUT2D eigenvalue weighted by Crippen LogP contribution is 2.65. The first-order valence-electron chi connectivity index (χ1n) is 19.5. The zero-order valence-corrected chi connectivity index (χ0v) is 31.9. The molecule has 57 heavy (non-hydrogen) atoms. The topological polar surface area (TPSA) is 75.9 Å². The fourth-order valence-corrected chi connectivity index (χ4v) is 8.91. The van der Waals surface area contributed by atoms with E-state index in [-0.39, 0.29) is 11.3 Å².